The first kappa shape index (κ1) is 10.5. The zero-order chi connectivity index (χ0) is 10.8. The maximum atomic E-state index is 3.31. The molecule has 0 saturated heterocycles. The smallest absolute Gasteiger partial charge is 0.0373 e. The van der Waals surface area contributed by atoms with Gasteiger partial charge in [-0.2, -0.15) is 0 Å². The third-order valence-electron chi connectivity index (χ3n) is 3.64. The Morgan fingerprint density at radius 3 is 2.67 bits per heavy atom. The molecular weight excluding hydrogens is 182 g/mol. The molecule has 1 aliphatic carbocycles. The molecule has 1 aromatic carbocycles. The second-order valence-electron chi connectivity index (χ2n) is 4.54. The molecule has 2 atom stereocenters. The van der Waals surface area contributed by atoms with Crippen molar-refractivity contribution in [3.05, 3.63) is 29.3 Å². The van der Waals surface area contributed by atoms with Crippen LogP contribution in [0.15, 0.2) is 18.2 Å². The predicted octanol–water partition coefficient (Wildman–Crippen LogP) is 3.80. The van der Waals surface area contributed by atoms with Crippen molar-refractivity contribution in [2.45, 2.75) is 39.0 Å². The highest BCUT2D eigenvalue weighted by molar-refractivity contribution is 5.55. The summed E-state index contributed by atoms with van der Waals surface area (Å²) in [5.41, 5.74) is 4.34. The molecule has 0 bridgehead atoms. The lowest BCUT2D eigenvalue weighted by atomic mass is 10.0. The van der Waals surface area contributed by atoms with Crippen LogP contribution in [0.1, 0.15) is 43.7 Å². The Kier molecular flexibility index (Phi) is 2.99. The van der Waals surface area contributed by atoms with Crippen molar-refractivity contribution in [1.82, 2.24) is 0 Å². The summed E-state index contributed by atoms with van der Waals surface area (Å²) >= 11 is 0. The molecule has 0 radical (unpaired) electrons. The molecule has 1 N–H and O–H groups in total. The predicted molar refractivity (Wildman–Crippen MR) is 66.5 cm³/mol. The molecule has 0 amide bonds. The van der Waals surface area contributed by atoms with Crippen LogP contribution in [0.2, 0.25) is 0 Å². The summed E-state index contributed by atoms with van der Waals surface area (Å²) in [4.78, 5) is 0. The van der Waals surface area contributed by atoms with Crippen molar-refractivity contribution in [3.8, 4) is 0 Å². The first-order valence-corrected chi connectivity index (χ1v) is 6.10. The topological polar surface area (TPSA) is 12.0 Å². The van der Waals surface area contributed by atoms with Crippen molar-refractivity contribution in [1.29, 1.82) is 0 Å². The Hall–Kier alpha value is -0.980. The molecule has 15 heavy (non-hydrogen) atoms. The number of aryl methyl sites for hydroxylation is 1. The summed E-state index contributed by atoms with van der Waals surface area (Å²) in [5.74, 6) is 1.76. The lowest BCUT2D eigenvalue weighted by molar-refractivity contribution is 0.766. The minimum atomic E-state index is 0.823. The Morgan fingerprint density at radius 2 is 2.13 bits per heavy atom. The molecule has 0 aromatic heterocycles. The van der Waals surface area contributed by atoms with Crippen molar-refractivity contribution in [2.75, 3.05) is 12.4 Å². The van der Waals surface area contributed by atoms with Crippen LogP contribution in [-0.4, -0.2) is 7.05 Å². The Balaban J connectivity index is 2.27. The van der Waals surface area contributed by atoms with Gasteiger partial charge >= 0.3 is 0 Å². The number of benzene rings is 1. The molecule has 0 spiro atoms. The van der Waals surface area contributed by atoms with Gasteiger partial charge < -0.3 is 5.32 Å². The van der Waals surface area contributed by atoms with Crippen LogP contribution >= 0.6 is 0 Å². The summed E-state index contributed by atoms with van der Waals surface area (Å²) in [7, 11) is 2.02. The van der Waals surface area contributed by atoms with Gasteiger partial charge in [-0.05, 0) is 41.9 Å². The van der Waals surface area contributed by atoms with Gasteiger partial charge in [0.15, 0.2) is 0 Å². The highest BCUT2D eigenvalue weighted by Gasteiger charge is 2.37. The van der Waals surface area contributed by atoms with Gasteiger partial charge in [-0.3, -0.25) is 0 Å². The molecule has 2 unspecified atom stereocenters. The highest BCUT2D eigenvalue weighted by atomic mass is 14.8. The molecule has 0 heterocycles. The molecule has 1 aliphatic rings. The third-order valence-corrected chi connectivity index (χ3v) is 3.64. The summed E-state index contributed by atoms with van der Waals surface area (Å²) in [6.45, 7) is 4.52. The van der Waals surface area contributed by atoms with Crippen molar-refractivity contribution >= 4 is 5.69 Å². The third kappa shape index (κ3) is 2.01. The van der Waals surface area contributed by atoms with Gasteiger partial charge in [-0.25, -0.2) is 0 Å². The Bertz CT molecular complexity index is 343. The van der Waals surface area contributed by atoms with Gasteiger partial charge in [0.2, 0.25) is 0 Å². The van der Waals surface area contributed by atoms with Gasteiger partial charge in [0, 0.05) is 12.7 Å². The molecule has 82 valence electrons. The normalized spacial score (nSPS) is 23.9. The number of rotatable bonds is 4. The van der Waals surface area contributed by atoms with E-state index in [2.05, 4.69) is 37.4 Å². The Labute approximate surface area is 92.9 Å². The molecule has 1 saturated carbocycles. The molecule has 1 nitrogen and oxygen atoms in total. The van der Waals surface area contributed by atoms with E-state index < -0.39 is 0 Å². The second kappa shape index (κ2) is 4.26. The van der Waals surface area contributed by atoms with Crippen LogP contribution in [0.4, 0.5) is 5.69 Å². The lowest BCUT2D eigenvalue weighted by Crippen LogP contribution is -1.96. The molecular formula is C14H21N. The average Bonchev–Trinajstić information content (AvgIpc) is 3.07. The van der Waals surface area contributed by atoms with Crippen LogP contribution in [0.3, 0.4) is 0 Å². The number of hydrogen-bond acceptors (Lipinski definition) is 1. The van der Waals surface area contributed by atoms with E-state index in [1.807, 2.05) is 7.05 Å². The van der Waals surface area contributed by atoms with E-state index in [4.69, 9.17) is 0 Å². The zero-order valence-electron chi connectivity index (χ0n) is 10.0. The second-order valence-corrected chi connectivity index (χ2v) is 4.54. The van der Waals surface area contributed by atoms with Crippen LogP contribution in [0.25, 0.3) is 0 Å². The minimum Gasteiger partial charge on any atom is -0.388 e. The molecule has 0 aliphatic heterocycles. The van der Waals surface area contributed by atoms with Gasteiger partial charge in [-0.15, -0.1) is 0 Å². The van der Waals surface area contributed by atoms with E-state index in [1.54, 1.807) is 5.56 Å². The first-order valence-electron chi connectivity index (χ1n) is 6.10. The fourth-order valence-electron chi connectivity index (χ4n) is 2.45. The Morgan fingerprint density at radius 1 is 1.33 bits per heavy atom. The summed E-state index contributed by atoms with van der Waals surface area (Å²) < 4.78 is 0. The lowest BCUT2D eigenvalue weighted by Gasteiger charge is -2.10. The summed E-state index contributed by atoms with van der Waals surface area (Å²) in [5, 5.41) is 3.31. The summed E-state index contributed by atoms with van der Waals surface area (Å²) in [6.07, 6.45) is 3.85. The number of anilines is 1. The average molecular weight is 203 g/mol. The van der Waals surface area contributed by atoms with Crippen LogP contribution in [0, 0.1) is 5.92 Å². The zero-order valence-corrected chi connectivity index (χ0v) is 10.0. The van der Waals surface area contributed by atoms with E-state index in [0.717, 1.165) is 18.3 Å². The van der Waals surface area contributed by atoms with Crippen LogP contribution < -0.4 is 5.32 Å². The van der Waals surface area contributed by atoms with Crippen LogP contribution in [0.5, 0.6) is 0 Å². The van der Waals surface area contributed by atoms with Crippen molar-refractivity contribution < 1.29 is 0 Å². The minimum absolute atomic E-state index is 0.823. The molecule has 1 heteroatoms. The van der Waals surface area contributed by atoms with E-state index in [-0.39, 0.29) is 0 Å². The standard InChI is InChI=1S/C14H21N/c1-4-10-6-7-14(15-3)13(8-10)12-9-11(12)5-2/h6-8,11-12,15H,4-5,9H2,1-3H3. The van der Waals surface area contributed by atoms with Gasteiger partial charge in [0.1, 0.15) is 0 Å². The quantitative estimate of drug-likeness (QED) is 0.784. The molecule has 1 aromatic rings. The van der Waals surface area contributed by atoms with Crippen LogP contribution in [-0.2, 0) is 6.42 Å². The van der Waals surface area contributed by atoms with Gasteiger partial charge in [0.25, 0.3) is 0 Å². The van der Waals surface area contributed by atoms with Gasteiger partial charge in [-0.1, -0.05) is 32.4 Å². The van der Waals surface area contributed by atoms with Crippen molar-refractivity contribution in [2.24, 2.45) is 5.92 Å². The highest BCUT2D eigenvalue weighted by Crippen LogP contribution is 2.51. The van der Waals surface area contributed by atoms with E-state index >= 15 is 0 Å². The fourth-order valence-corrected chi connectivity index (χ4v) is 2.45. The fraction of sp³-hybridized carbons (Fsp3) is 0.571. The number of hydrogen-bond donors (Lipinski definition) is 1. The van der Waals surface area contributed by atoms with E-state index in [9.17, 15) is 0 Å². The van der Waals surface area contributed by atoms with Gasteiger partial charge in [0.05, 0.1) is 0 Å². The summed E-state index contributed by atoms with van der Waals surface area (Å²) in [6, 6.07) is 6.87. The van der Waals surface area contributed by atoms with Crippen molar-refractivity contribution in [3.63, 3.8) is 0 Å². The maximum absolute atomic E-state index is 3.31. The largest absolute Gasteiger partial charge is 0.388 e. The molecule has 2 rings (SSSR count). The molecule has 1 fully saturated rings. The van der Waals surface area contributed by atoms with E-state index in [1.165, 1.54) is 24.1 Å². The van der Waals surface area contributed by atoms with E-state index in [0.29, 0.717) is 0 Å². The first-order chi connectivity index (χ1) is 7.30. The SMILES string of the molecule is CCc1ccc(NC)c(C2CC2CC)c1. The monoisotopic (exact) mass is 203 g/mol. The maximum Gasteiger partial charge on any atom is 0.0373 e. The number of nitrogens with one attached hydrogen (secondary N) is 1.